The van der Waals surface area contributed by atoms with Crippen molar-refractivity contribution in [1.29, 1.82) is 0 Å². The number of hydrogen-bond acceptors (Lipinski definition) is 4. The Balaban J connectivity index is 2.11. The smallest absolute Gasteiger partial charge is 0.331 e. The molecule has 2 aromatic rings. The monoisotopic (exact) mass is 381 g/mol. The molecule has 25 heavy (non-hydrogen) atoms. The maximum Gasteiger partial charge on any atom is 0.331 e. The van der Waals surface area contributed by atoms with E-state index in [1.165, 1.54) is 19.2 Å². The second-order valence-electron chi connectivity index (χ2n) is 5.15. The van der Waals surface area contributed by atoms with Crippen LogP contribution < -0.4 is 5.32 Å². The summed E-state index contributed by atoms with van der Waals surface area (Å²) in [6.45, 7) is 1.86. The fourth-order valence-electron chi connectivity index (χ4n) is 2.06. The van der Waals surface area contributed by atoms with E-state index in [0.29, 0.717) is 28.0 Å². The summed E-state index contributed by atoms with van der Waals surface area (Å²) in [5.41, 5.74) is 2.15. The molecular formula is C17H17Cl2N3O3. The molecular weight excluding hydrogens is 365 g/mol. The van der Waals surface area contributed by atoms with Crippen molar-refractivity contribution >= 4 is 41.2 Å². The topological polar surface area (TPSA) is 73.2 Å². The first-order valence-corrected chi connectivity index (χ1v) is 8.19. The van der Waals surface area contributed by atoms with Gasteiger partial charge in [0.1, 0.15) is 5.15 Å². The predicted octanol–water partition coefficient (Wildman–Crippen LogP) is 2.85. The highest BCUT2D eigenvalue weighted by Crippen LogP contribution is 2.24. The molecule has 0 aliphatic carbocycles. The summed E-state index contributed by atoms with van der Waals surface area (Å²) in [6, 6.07) is 7.42. The quantitative estimate of drug-likeness (QED) is 0.616. The average Bonchev–Trinajstić information content (AvgIpc) is 2.86. The van der Waals surface area contributed by atoms with Gasteiger partial charge in [0.15, 0.2) is 6.61 Å². The van der Waals surface area contributed by atoms with Crippen molar-refractivity contribution in [3.05, 3.63) is 57.3 Å². The number of aryl methyl sites for hydroxylation is 1. The normalized spacial score (nSPS) is 10.9. The van der Waals surface area contributed by atoms with Crippen molar-refractivity contribution in [3.63, 3.8) is 0 Å². The number of ether oxygens (including phenoxy) is 1. The van der Waals surface area contributed by atoms with Crippen LogP contribution in [0.4, 0.5) is 0 Å². The summed E-state index contributed by atoms with van der Waals surface area (Å²) in [7, 11) is 1.46. The summed E-state index contributed by atoms with van der Waals surface area (Å²) < 4.78 is 6.39. The second-order valence-corrected chi connectivity index (χ2v) is 5.92. The first-order chi connectivity index (χ1) is 11.9. The Labute approximate surface area is 155 Å². The molecule has 0 unspecified atom stereocenters. The first kappa shape index (κ1) is 19.0. The van der Waals surface area contributed by atoms with Crippen molar-refractivity contribution in [1.82, 2.24) is 15.1 Å². The van der Waals surface area contributed by atoms with Gasteiger partial charge in [0, 0.05) is 23.7 Å². The van der Waals surface area contributed by atoms with Gasteiger partial charge in [-0.1, -0.05) is 41.4 Å². The molecule has 6 nitrogen and oxygen atoms in total. The lowest BCUT2D eigenvalue weighted by Gasteiger charge is -2.05. The molecule has 0 radical (unpaired) electrons. The van der Waals surface area contributed by atoms with Gasteiger partial charge in [-0.25, -0.2) is 9.48 Å². The number of nitrogens with zero attached hydrogens (tertiary/aromatic N) is 2. The highest BCUT2D eigenvalue weighted by atomic mass is 35.5. The van der Waals surface area contributed by atoms with Crippen molar-refractivity contribution in [3.8, 4) is 0 Å². The van der Waals surface area contributed by atoms with E-state index in [1.54, 1.807) is 17.7 Å². The SMILES string of the molecule is CNC(=O)COC(=O)/C=C/c1c(C)nn(Cc2ccccc2Cl)c1Cl. The molecule has 1 aromatic carbocycles. The number of nitrogens with one attached hydrogen (secondary N) is 1. The molecule has 1 N–H and O–H groups in total. The van der Waals surface area contributed by atoms with Crippen LogP contribution in [0, 0.1) is 6.92 Å². The van der Waals surface area contributed by atoms with E-state index in [-0.39, 0.29) is 12.5 Å². The number of halogens is 2. The fourth-order valence-corrected chi connectivity index (χ4v) is 2.55. The molecule has 0 saturated heterocycles. The van der Waals surface area contributed by atoms with E-state index in [0.717, 1.165) is 5.56 Å². The van der Waals surface area contributed by atoms with E-state index in [2.05, 4.69) is 10.4 Å². The summed E-state index contributed by atoms with van der Waals surface area (Å²) in [4.78, 5) is 22.7. The molecule has 0 aliphatic heterocycles. The highest BCUT2D eigenvalue weighted by molar-refractivity contribution is 6.32. The minimum Gasteiger partial charge on any atom is -0.452 e. The van der Waals surface area contributed by atoms with Gasteiger partial charge in [0.2, 0.25) is 0 Å². The lowest BCUT2D eigenvalue weighted by Crippen LogP contribution is -2.24. The number of aromatic nitrogens is 2. The van der Waals surface area contributed by atoms with Crippen LogP contribution in [-0.2, 0) is 20.9 Å². The molecule has 0 aliphatic rings. The Kier molecular flexibility index (Phi) is 6.61. The van der Waals surface area contributed by atoms with E-state index in [4.69, 9.17) is 27.9 Å². The number of benzene rings is 1. The molecule has 0 atom stereocenters. The molecule has 0 spiro atoms. The predicted molar refractivity (Wildman–Crippen MR) is 96.6 cm³/mol. The van der Waals surface area contributed by atoms with Gasteiger partial charge in [-0.3, -0.25) is 4.79 Å². The maximum absolute atomic E-state index is 11.6. The number of carbonyl (C=O) groups excluding carboxylic acids is 2. The third kappa shape index (κ3) is 5.08. The molecule has 8 heteroatoms. The molecule has 1 heterocycles. The van der Waals surface area contributed by atoms with E-state index in [9.17, 15) is 9.59 Å². The lowest BCUT2D eigenvalue weighted by atomic mass is 10.2. The van der Waals surface area contributed by atoms with Gasteiger partial charge in [-0.15, -0.1) is 0 Å². The van der Waals surface area contributed by atoms with Crippen LogP contribution in [0.1, 0.15) is 16.8 Å². The average molecular weight is 382 g/mol. The molecule has 2 rings (SSSR count). The van der Waals surface area contributed by atoms with E-state index >= 15 is 0 Å². The van der Waals surface area contributed by atoms with Gasteiger partial charge in [0.25, 0.3) is 5.91 Å². The Morgan fingerprint density at radius 3 is 2.72 bits per heavy atom. The summed E-state index contributed by atoms with van der Waals surface area (Å²) >= 11 is 12.5. The Hall–Kier alpha value is -2.31. The Morgan fingerprint density at radius 1 is 1.32 bits per heavy atom. The van der Waals surface area contributed by atoms with Crippen molar-refractivity contribution in [2.24, 2.45) is 0 Å². The van der Waals surface area contributed by atoms with Gasteiger partial charge in [0.05, 0.1) is 12.2 Å². The van der Waals surface area contributed by atoms with Crippen LogP contribution in [0.25, 0.3) is 6.08 Å². The van der Waals surface area contributed by atoms with Crippen LogP contribution in [0.2, 0.25) is 10.2 Å². The Bertz CT molecular complexity index is 815. The number of hydrogen-bond donors (Lipinski definition) is 1. The molecule has 1 aromatic heterocycles. The van der Waals surface area contributed by atoms with Crippen molar-refractivity contribution < 1.29 is 14.3 Å². The van der Waals surface area contributed by atoms with Gasteiger partial charge in [-0.2, -0.15) is 5.10 Å². The molecule has 0 bridgehead atoms. The second kappa shape index (κ2) is 8.69. The summed E-state index contributed by atoms with van der Waals surface area (Å²) in [6.07, 6.45) is 2.72. The maximum atomic E-state index is 11.6. The zero-order chi connectivity index (χ0) is 18.4. The molecule has 1 amide bonds. The largest absolute Gasteiger partial charge is 0.452 e. The standard InChI is InChI=1S/C17H17Cl2N3O3/c1-11-13(7-8-16(24)25-10-15(23)20-2)17(19)22(21-11)9-12-5-3-4-6-14(12)18/h3-8H,9-10H2,1-2H3,(H,20,23)/b8-7+. The van der Waals surface area contributed by atoms with E-state index < -0.39 is 5.97 Å². The molecule has 132 valence electrons. The molecule has 0 fully saturated rings. The summed E-state index contributed by atoms with van der Waals surface area (Å²) in [5, 5.41) is 7.74. The van der Waals surface area contributed by atoms with Crippen LogP contribution >= 0.6 is 23.2 Å². The third-order valence-electron chi connectivity index (χ3n) is 3.40. The minimum atomic E-state index is -0.641. The number of carbonyl (C=O) groups is 2. The van der Waals surface area contributed by atoms with Crippen LogP contribution in [-0.4, -0.2) is 35.3 Å². The lowest BCUT2D eigenvalue weighted by molar-refractivity contribution is -0.143. The number of amides is 1. The first-order valence-electron chi connectivity index (χ1n) is 7.44. The van der Waals surface area contributed by atoms with Crippen LogP contribution in [0.5, 0.6) is 0 Å². The minimum absolute atomic E-state index is 0.335. The summed E-state index contributed by atoms with van der Waals surface area (Å²) in [5.74, 6) is -1.03. The third-order valence-corrected chi connectivity index (χ3v) is 4.17. The highest BCUT2D eigenvalue weighted by Gasteiger charge is 2.13. The van der Waals surface area contributed by atoms with Crippen molar-refractivity contribution in [2.75, 3.05) is 13.7 Å². The Morgan fingerprint density at radius 2 is 2.04 bits per heavy atom. The van der Waals surface area contributed by atoms with Gasteiger partial charge >= 0.3 is 5.97 Å². The molecule has 0 saturated carbocycles. The number of esters is 1. The fraction of sp³-hybridized carbons (Fsp3) is 0.235. The number of rotatable bonds is 6. The number of likely N-dealkylation sites (N-methyl/N-ethyl adjacent to an activating group) is 1. The van der Waals surface area contributed by atoms with Gasteiger partial charge in [-0.05, 0) is 24.6 Å². The zero-order valence-electron chi connectivity index (χ0n) is 13.8. The van der Waals surface area contributed by atoms with Crippen LogP contribution in [0.3, 0.4) is 0 Å². The zero-order valence-corrected chi connectivity index (χ0v) is 15.3. The van der Waals surface area contributed by atoms with Gasteiger partial charge < -0.3 is 10.1 Å². The van der Waals surface area contributed by atoms with Crippen LogP contribution in [0.15, 0.2) is 30.3 Å². The van der Waals surface area contributed by atoms with E-state index in [1.807, 2.05) is 18.2 Å². The van der Waals surface area contributed by atoms with Crippen molar-refractivity contribution in [2.45, 2.75) is 13.5 Å².